The van der Waals surface area contributed by atoms with Gasteiger partial charge in [-0.25, -0.2) is 0 Å². The third-order valence-electron chi connectivity index (χ3n) is 5.39. The minimum absolute atomic E-state index is 0.0929. The van der Waals surface area contributed by atoms with E-state index in [1.165, 1.54) is 19.3 Å². The van der Waals surface area contributed by atoms with Gasteiger partial charge in [-0.2, -0.15) is 0 Å². The maximum atomic E-state index is 12.4. The number of unbranched alkanes of at least 4 members (excludes halogenated alkanes) is 4. The molecular formula is C23H38NO4+. The largest absolute Gasteiger partial charge is 0.454 e. The molecular weight excluding hydrogens is 354 g/mol. The Morgan fingerprint density at radius 3 is 2.54 bits per heavy atom. The molecule has 0 unspecified atom stereocenters. The number of hydrogen-bond acceptors (Lipinski definition) is 4. The Morgan fingerprint density at radius 2 is 1.82 bits per heavy atom. The van der Waals surface area contributed by atoms with Crippen molar-refractivity contribution in [1.82, 2.24) is 0 Å². The summed E-state index contributed by atoms with van der Waals surface area (Å²) >= 11 is 0. The van der Waals surface area contributed by atoms with E-state index in [0.717, 1.165) is 55.7 Å². The van der Waals surface area contributed by atoms with Crippen LogP contribution in [0.25, 0.3) is 0 Å². The molecule has 1 aliphatic rings. The molecule has 1 atom stereocenters. The molecule has 0 spiro atoms. The van der Waals surface area contributed by atoms with Crippen LogP contribution >= 0.6 is 0 Å². The number of ether oxygens (including phenoxy) is 3. The molecule has 1 aromatic carbocycles. The van der Waals surface area contributed by atoms with Gasteiger partial charge in [-0.1, -0.05) is 62.9 Å². The Hall–Kier alpha value is -1.43. The summed E-state index contributed by atoms with van der Waals surface area (Å²) in [7, 11) is 2.21. The quantitative estimate of drug-likeness (QED) is 0.290. The van der Waals surface area contributed by atoms with Gasteiger partial charge in [-0.05, 0) is 12.0 Å². The number of likely N-dealkylation sites (N-methyl/N-ethyl adjacent to an activating group) is 1. The topological polar surface area (TPSA) is 44.8 Å². The average molecular weight is 393 g/mol. The fourth-order valence-electron chi connectivity index (χ4n) is 3.58. The molecule has 0 aliphatic carbocycles. The van der Waals surface area contributed by atoms with Gasteiger partial charge in [-0.3, -0.25) is 4.79 Å². The maximum Gasteiger partial charge on any atom is 0.306 e. The van der Waals surface area contributed by atoms with Gasteiger partial charge in [0.25, 0.3) is 0 Å². The van der Waals surface area contributed by atoms with Gasteiger partial charge in [-0.15, -0.1) is 0 Å². The van der Waals surface area contributed by atoms with Crippen LogP contribution in [-0.4, -0.2) is 63.1 Å². The van der Waals surface area contributed by atoms with Crippen LogP contribution in [0.2, 0.25) is 0 Å². The van der Waals surface area contributed by atoms with Crippen molar-refractivity contribution in [3.63, 3.8) is 0 Å². The number of rotatable bonds is 13. The molecule has 28 heavy (non-hydrogen) atoms. The molecule has 0 radical (unpaired) electrons. The molecule has 1 saturated heterocycles. The molecule has 2 rings (SSSR count). The first-order valence-corrected chi connectivity index (χ1v) is 10.8. The number of hydrogen-bond donors (Lipinski definition) is 0. The Labute approximate surface area is 170 Å². The van der Waals surface area contributed by atoms with Crippen LogP contribution < -0.4 is 0 Å². The SMILES string of the molecule is CCCCCCCC(=O)O[C@H](COCc1ccccc1)C[N+]1(C)CCOCC1. The minimum Gasteiger partial charge on any atom is -0.454 e. The van der Waals surface area contributed by atoms with Gasteiger partial charge in [0.1, 0.15) is 19.6 Å². The maximum absolute atomic E-state index is 12.4. The van der Waals surface area contributed by atoms with Crippen molar-refractivity contribution in [3.8, 4) is 0 Å². The van der Waals surface area contributed by atoms with Crippen LogP contribution in [0.15, 0.2) is 30.3 Å². The number of esters is 1. The van der Waals surface area contributed by atoms with Gasteiger partial charge in [0.2, 0.25) is 0 Å². The van der Waals surface area contributed by atoms with Crippen molar-refractivity contribution in [2.24, 2.45) is 0 Å². The third-order valence-corrected chi connectivity index (χ3v) is 5.39. The molecule has 5 nitrogen and oxygen atoms in total. The molecule has 1 aliphatic heterocycles. The van der Waals surface area contributed by atoms with Gasteiger partial charge >= 0.3 is 5.97 Å². The standard InChI is InChI=1S/C23H38NO4/c1-3-4-5-6-10-13-23(25)28-22(18-24(2)14-16-26-17-15-24)20-27-19-21-11-8-7-9-12-21/h7-9,11-12,22H,3-6,10,13-20H2,1-2H3/q+1/t22-/m0/s1. The highest BCUT2D eigenvalue weighted by molar-refractivity contribution is 5.69. The van der Waals surface area contributed by atoms with Crippen LogP contribution in [-0.2, 0) is 25.6 Å². The number of carbonyl (C=O) groups excluding carboxylic acids is 1. The fraction of sp³-hybridized carbons (Fsp3) is 0.696. The molecule has 0 N–H and O–H groups in total. The van der Waals surface area contributed by atoms with Crippen molar-refractivity contribution in [2.75, 3.05) is 46.5 Å². The monoisotopic (exact) mass is 392 g/mol. The Kier molecular flexibility index (Phi) is 10.5. The number of morpholine rings is 1. The third kappa shape index (κ3) is 9.18. The first-order chi connectivity index (χ1) is 13.6. The highest BCUT2D eigenvalue weighted by Crippen LogP contribution is 2.13. The van der Waals surface area contributed by atoms with E-state index in [2.05, 4.69) is 14.0 Å². The summed E-state index contributed by atoms with van der Waals surface area (Å²) in [4.78, 5) is 12.4. The predicted molar refractivity (Wildman–Crippen MR) is 111 cm³/mol. The first-order valence-electron chi connectivity index (χ1n) is 10.8. The second-order valence-corrected chi connectivity index (χ2v) is 8.14. The number of benzene rings is 1. The lowest BCUT2D eigenvalue weighted by atomic mass is 10.1. The Morgan fingerprint density at radius 1 is 1.11 bits per heavy atom. The number of nitrogens with zero attached hydrogens (tertiary/aromatic N) is 1. The van der Waals surface area contributed by atoms with Gasteiger partial charge in [0, 0.05) is 6.42 Å². The van der Waals surface area contributed by atoms with Crippen LogP contribution in [0.5, 0.6) is 0 Å². The summed E-state index contributed by atoms with van der Waals surface area (Å²) in [5.41, 5.74) is 1.13. The summed E-state index contributed by atoms with van der Waals surface area (Å²) in [6, 6.07) is 10.1. The van der Waals surface area contributed by atoms with Crippen molar-refractivity contribution in [2.45, 2.75) is 58.2 Å². The lowest BCUT2D eigenvalue weighted by molar-refractivity contribution is -0.919. The van der Waals surface area contributed by atoms with Gasteiger partial charge < -0.3 is 18.7 Å². The van der Waals surface area contributed by atoms with E-state index in [1.54, 1.807) is 0 Å². The van der Waals surface area contributed by atoms with E-state index >= 15 is 0 Å². The van der Waals surface area contributed by atoms with Crippen LogP contribution in [0.1, 0.15) is 51.0 Å². The van der Waals surface area contributed by atoms with E-state index in [1.807, 2.05) is 30.3 Å². The van der Waals surface area contributed by atoms with Crippen molar-refractivity contribution in [3.05, 3.63) is 35.9 Å². The molecule has 0 amide bonds. The van der Waals surface area contributed by atoms with E-state index in [9.17, 15) is 4.79 Å². The van der Waals surface area contributed by atoms with Gasteiger partial charge in [0.15, 0.2) is 6.10 Å². The lowest BCUT2D eigenvalue weighted by Crippen LogP contribution is -2.56. The van der Waals surface area contributed by atoms with E-state index < -0.39 is 0 Å². The molecule has 0 aromatic heterocycles. The smallest absolute Gasteiger partial charge is 0.306 e. The normalized spacial score (nSPS) is 17.2. The molecule has 1 fully saturated rings. The Bertz CT molecular complexity index is 543. The average Bonchev–Trinajstić information content (AvgIpc) is 2.69. The molecule has 1 aromatic rings. The summed E-state index contributed by atoms with van der Waals surface area (Å²) < 4.78 is 18.1. The van der Waals surface area contributed by atoms with Crippen molar-refractivity contribution < 1.29 is 23.5 Å². The van der Waals surface area contributed by atoms with E-state index in [4.69, 9.17) is 14.2 Å². The zero-order valence-electron chi connectivity index (χ0n) is 17.7. The first kappa shape index (κ1) is 22.9. The molecule has 5 heteroatoms. The molecule has 0 saturated carbocycles. The summed E-state index contributed by atoms with van der Waals surface area (Å²) in [6.07, 6.45) is 5.96. The number of carbonyl (C=O) groups is 1. The zero-order valence-corrected chi connectivity index (χ0v) is 17.7. The second kappa shape index (κ2) is 12.9. The molecule has 0 bridgehead atoms. The predicted octanol–water partition coefficient (Wildman–Crippen LogP) is 3.95. The van der Waals surface area contributed by atoms with Crippen molar-refractivity contribution >= 4 is 5.97 Å². The minimum atomic E-state index is -0.213. The van der Waals surface area contributed by atoms with Crippen LogP contribution in [0, 0.1) is 0 Å². The number of quaternary nitrogens is 1. The van der Waals surface area contributed by atoms with E-state index in [-0.39, 0.29) is 12.1 Å². The summed E-state index contributed by atoms with van der Waals surface area (Å²) in [6.45, 7) is 7.37. The summed E-state index contributed by atoms with van der Waals surface area (Å²) in [5.74, 6) is -0.0929. The second-order valence-electron chi connectivity index (χ2n) is 8.14. The molecule has 158 valence electrons. The van der Waals surface area contributed by atoms with E-state index in [0.29, 0.717) is 19.6 Å². The fourth-order valence-corrected chi connectivity index (χ4v) is 3.58. The van der Waals surface area contributed by atoms with Gasteiger partial charge in [0.05, 0.1) is 33.5 Å². The van der Waals surface area contributed by atoms with Crippen LogP contribution in [0.4, 0.5) is 0 Å². The Balaban J connectivity index is 1.81. The lowest BCUT2D eigenvalue weighted by Gasteiger charge is -2.39. The zero-order chi connectivity index (χ0) is 20.1. The van der Waals surface area contributed by atoms with Crippen molar-refractivity contribution in [1.29, 1.82) is 0 Å². The van der Waals surface area contributed by atoms with Crippen LogP contribution in [0.3, 0.4) is 0 Å². The highest BCUT2D eigenvalue weighted by Gasteiger charge is 2.31. The summed E-state index contributed by atoms with van der Waals surface area (Å²) in [5, 5.41) is 0. The molecule has 1 heterocycles. The highest BCUT2D eigenvalue weighted by atomic mass is 16.6.